The molecule has 0 aliphatic rings. The van der Waals surface area contributed by atoms with E-state index in [-0.39, 0.29) is 12.4 Å². The lowest BCUT2D eigenvalue weighted by Crippen LogP contribution is -1.99. The van der Waals surface area contributed by atoms with Crippen LogP contribution < -0.4 is 4.74 Å². The number of halogens is 1. The molecule has 2 rings (SSSR count). The molecule has 0 aromatic heterocycles. The molecule has 23 heavy (non-hydrogen) atoms. The molecule has 0 saturated carbocycles. The molecule has 0 N–H and O–H groups in total. The van der Waals surface area contributed by atoms with Crippen LogP contribution in [0.15, 0.2) is 54.6 Å². The molecule has 0 atom stereocenters. The third-order valence-electron chi connectivity index (χ3n) is 2.91. The summed E-state index contributed by atoms with van der Waals surface area (Å²) in [6, 6.07) is 13.3. The topological polar surface area (TPSA) is 35.5 Å². The first kappa shape index (κ1) is 16.3. The van der Waals surface area contributed by atoms with Gasteiger partial charge in [0.1, 0.15) is 18.2 Å². The minimum Gasteiger partial charge on any atom is -0.489 e. The zero-order chi connectivity index (χ0) is 16.5. The normalized spacial score (nSPS) is 10.3. The maximum absolute atomic E-state index is 12.8. The molecule has 0 spiro atoms. The molecule has 3 nitrogen and oxygen atoms in total. The van der Waals surface area contributed by atoms with Gasteiger partial charge in [-0.3, -0.25) is 0 Å². The molecule has 0 fully saturated rings. The van der Waals surface area contributed by atoms with Gasteiger partial charge in [-0.25, -0.2) is 9.18 Å². The number of benzene rings is 2. The van der Waals surface area contributed by atoms with E-state index in [9.17, 15) is 9.18 Å². The molecule has 0 aliphatic carbocycles. The second-order valence-corrected chi connectivity index (χ2v) is 4.63. The van der Waals surface area contributed by atoms with Gasteiger partial charge in [0.2, 0.25) is 0 Å². The molecule has 0 radical (unpaired) electrons. The van der Waals surface area contributed by atoms with Gasteiger partial charge < -0.3 is 9.47 Å². The van der Waals surface area contributed by atoms with Crippen molar-refractivity contribution in [1.82, 2.24) is 0 Å². The lowest BCUT2D eigenvalue weighted by atomic mass is 10.2. The summed E-state index contributed by atoms with van der Waals surface area (Å²) >= 11 is 0. The molecular formula is C19H15FO3. The molecule has 0 saturated heterocycles. The Labute approximate surface area is 134 Å². The van der Waals surface area contributed by atoms with Crippen molar-refractivity contribution in [2.75, 3.05) is 6.61 Å². The fourth-order valence-corrected chi connectivity index (χ4v) is 1.75. The summed E-state index contributed by atoms with van der Waals surface area (Å²) in [5.74, 6) is 2.14. The minimum absolute atomic E-state index is 0.0423. The first-order valence-electron chi connectivity index (χ1n) is 6.93. The van der Waals surface area contributed by atoms with Gasteiger partial charge in [0.25, 0.3) is 0 Å². The molecule has 0 amide bonds. The number of esters is 1. The minimum atomic E-state index is -0.486. The Morgan fingerprint density at radius 3 is 2.48 bits per heavy atom. The predicted molar refractivity (Wildman–Crippen MR) is 86.0 cm³/mol. The Balaban J connectivity index is 1.87. The van der Waals surface area contributed by atoms with E-state index in [2.05, 4.69) is 5.92 Å². The number of rotatable bonds is 6. The molecule has 0 unspecified atom stereocenters. The number of hydrogen-bond donors (Lipinski definition) is 0. The van der Waals surface area contributed by atoms with Crippen LogP contribution in [-0.4, -0.2) is 12.6 Å². The van der Waals surface area contributed by atoms with Crippen LogP contribution >= 0.6 is 0 Å². The second kappa shape index (κ2) is 8.40. The lowest BCUT2D eigenvalue weighted by Gasteiger charge is -2.06. The molecular weight excluding hydrogens is 295 g/mol. The van der Waals surface area contributed by atoms with Gasteiger partial charge in [-0.05, 0) is 41.5 Å². The number of carbonyl (C=O) groups is 1. The Kier molecular flexibility index (Phi) is 5.96. The van der Waals surface area contributed by atoms with Crippen molar-refractivity contribution >= 4 is 12.0 Å². The molecule has 0 aliphatic heterocycles. The van der Waals surface area contributed by atoms with E-state index in [4.69, 9.17) is 15.9 Å². The van der Waals surface area contributed by atoms with Crippen LogP contribution in [0.2, 0.25) is 0 Å². The van der Waals surface area contributed by atoms with Crippen molar-refractivity contribution in [1.29, 1.82) is 0 Å². The van der Waals surface area contributed by atoms with E-state index in [1.807, 2.05) is 12.1 Å². The van der Waals surface area contributed by atoms with E-state index in [1.165, 1.54) is 18.2 Å². The Morgan fingerprint density at radius 2 is 1.83 bits per heavy atom. The summed E-state index contributed by atoms with van der Waals surface area (Å²) in [6.45, 7) is 0.313. The average Bonchev–Trinajstić information content (AvgIpc) is 2.58. The van der Waals surface area contributed by atoms with Gasteiger partial charge in [0.05, 0.1) is 0 Å². The summed E-state index contributed by atoms with van der Waals surface area (Å²) in [7, 11) is 0. The Morgan fingerprint density at radius 1 is 1.13 bits per heavy atom. The second-order valence-electron chi connectivity index (χ2n) is 4.63. The highest BCUT2D eigenvalue weighted by molar-refractivity contribution is 5.87. The van der Waals surface area contributed by atoms with Crippen LogP contribution in [0.4, 0.5) is 4.39 Å². The third kappa shape index (κ3) is 5.68. The molecule has 0 bridgehead atoms. The van der Waals surface area contributed by atoms with E-state index < -0.39 is 5.97 Å². The van der Waals surface area contributed by atoms with Crippen molar-refractivity contribution in [2.45, 2.75) is 6.61 Å². The lowest BCUT2D eigenvalue weighted by molar-refractivity contribution is -0.136. The first-order chi connectivity index (χ1) is 11.2. The van der Waals surface area contributed by atoms with E-state index in [0.717, 1.165) is 11.1 Å². The highest BCUT2D eigenvalue weighted by atomic mass is 19.1. The number of hydrogen-bond acceptors (Lipinski definition) is 3. The van der Waals surface area contributed by atoms with Gasteiger partial charge in [0.15, 0.2) is 6.61 Å². The summed E-state index contributed by atoms with van der Waals surface area (Å²) in [6.07, 6.45) is 7.93. The van der Waals surface area contributed by atoms with Crippen molar-refractivity contribution < 1.29 is 18.7 Å². The van der Waals surface area contributed by atoms with Gasteiger partial charge in [-0.2, -0.15) is 0 Å². The van der Waals surface area contributed by atoms with E-state index in [0.29, 0.717) is 12.4 Å². The van der Waals surface area contributed by atoms with Crippen LogP contribution in [0, 0.1) is 18.2 Å². The maximum Gasteiger partial charge on any atom is 0.331 e. The summed E-state index contributed by atoms with van der Waals surface area (Å²) in [4.78, 5) is 11.3. The molecule has 2 aromatic rings. The van der Waals surface area contributed by atoms with Crippen LogP contribution in [0.1, 0.15) is 11.1 Å². The van der Waals surface area contributed by atoms with Gasteiger partial charge in [0, 0.05) is 6.08 Å². The highest BCUT2D eigenvalue weighted by Crippen LogP contribution is 2.15. The fourth-order valence-electron chi connectivity index (χ4n) is 1.75. The number of ether oxygens (including phenoxy) is 2. The summed E-state index contributed by atoms with van der Waals surface area (Å²) in [5, 5.41) is 0. The van der Waals surface area contributed by atoms with Crippen LogP contribution in [-0.2, 0) is 16.1 Å². The highest BCUT2D eigenvalue weighted by Gasteiger charge is 1.98. The van der Waals surface area contributed by atoms with Crippen LogP contribution in [0.5, 0.6) is 5.75 Å². The standard InChI is InChI=1S/C19H15FO3/c1-2-13-22-19(21)12-7-15-5-10-18(11-6-15)23-14-16-3-8-17(20)9-4-16/h1,3-12H,13-14H2/b12-7+. The van der Waals surface area contributed by atoms with Crippen LogP contribution in [0.25, 0.3) is 6.08 Å². The molecule has 0 heterocycles. The SMILES string of the molecule is C#CCOC(=O)/C=C/c1ccc(OCc2ccc(F)cc2)cc1. The maximum atomic E-state index is 12.8. The van der Waals surface area contributed by atoms with Gasteiger partial charge in [-0.1, -0.05) is 30.2 Å². The van der Waals surface area contributed by atoms with Crippen molar-refractivity contribution in [3.63, 3.8) is 0 Å². The van der Waals surface area contributed by atoms with Crippen molar-refractivity contribution in [2.24, 2.45) is 0 Å². The predicted octanol–water partition coefficient (Wildman–Crippen LogP) is 3.59. The summed E-state index contributed by atoms with van der Waals surface area (Å²) < 4.78 is 23.1. The zero-order valence-corrected chi connectivity index (χ0v) is 12.4. The molecule has 2 aromatic carbocycles. The quantitative estimate of drug-likeness (QED) is 0.465. The average molecular weight is 310 g/mol. The van der Waals surface area contributed by atoms with Crippen LogP contribution in [0.3, 0.4) is 0 Å². The molecule has 116 valence electrons. The number of terminal acetylenes is 1. The summed E-state index contributed by atoms with van der Waals surface area (Å²) in [5.41, 5.74) is 1.71. The number of carbonyl (C=O) groups excluding carboxylic acids is 1. The first-order valence-corrected chi connectivity index (χ1v) is 6.93. The van der Waals surface area contributed by atoms with E-state index in [1.54, 1.807) is 30.3 Å². The third-order valence-corrected chi connectivity index (χ3v) is 2.91. The smallest absolute Gasteiger partial charge is 0.331 e. The molecule has 4 heteroatoms. The Bertz CT molecular complexity index is 710. The Hall–Kier alpha value is -3.06. The fraction of sp³-hybridized carbons (Fsp3) is 0.105. The van der Waals surface area contributed by atoms with Crippen molar-refractivity contribution in [3.05, 3.63) is 71.6 Å². The largest absolute Gasteiger partial charge is 0.489 e. The van der Waals surface area contributed by atoms with Crippen molar-refractivity contribution in [3.8, 4) is 18.1 Å². The zero-order valence-electron chi connectivity index (χ0n) is 12.4. The monoisotopic (exact) mass is 310 g/mol. The van der Waals surface area contributed by atoms with Gasteiger partial charge in [-0.15, -0.1) is 6.42 Å². The van der Waals surface area contributed by atoms with E-state index >= 15 is 0 Å². The van der Waals surface area contributed by atoms with Gasteiger partial charge >= 0.3 is 5.97 Å².